The first-order valence-electron chi connectivity index (χ1n) is 11.5. The summed E-state index contributed by atoms with van der Waals surface area (Å²) in [7, 11) is 0. The van der Waals surface area contributed by atoms with Crippen LogP contribution in [-0.4, -0.2) is 40.4 Å². The standard InChI is InChI=1S/C27H29F3N2O4/c1-17(32-16-25(35)21-13-22(33)15-23(34)14-21)11-18-5-4-7-20(12-18)26(36)31-10-9-19-6-2-3-8-24(19)27(28,29)30/h2-8,12-15,17,25,32-35H,9-11,16H2,1H3,(H,31,36). The molecule has 0 saturated carbocycles. The third-order valence-corrected chi connectivity index (χ3v) is 5.70. The van der Waals surface area contributed by atoms with E-state index in [2.05, 4.69) is 10.6 Å². The quantitative estimate of drug-likeness (QED) is 0.284. The van der Waals surface area contributed by atoms with Gasteiger partial charge >= 0.3 is 6.18 Å². The number of aromatic hydroxyl groups is 2. The predicted octanol–water partition coefficient (Wildman–Crippen LogP) is 4.34. The monoisotopic (exact) mass is 502 g/mol. The molecule has 0 aliphatic rings. The topological polar surface area (TPSA) is 102 Å². The number of aliphatic hydroxyl groups is 1. The number of carbonyl (C=O) groups excluding carboxylic acids is 1. The fraction of sp³-hybridized carbons (Fsp3) is 0.296. The molecule has 3 rings (SSSR count). The van der Waals surface area contributed by atoms with Gasteiger partial charge in [0.25, 0.3) is 5.91 Å². The molecule has 0 aromatic heterocycles. The van der Waals surface area contributed by atoms with Crippen LogP contribution in [0, 0.1) is 0 Å². The SMILES string of the molecule is CC(Cc1cccc(C(=O)NCCc2ccccc2C(F)(F)F)c1)NCC(O)c1cc(O)cc(O)c1. The number of phenols is 2. The number of benzene rings is 3. The van der Waals surface area contributed by atoms with E-state index in [1.54, 1.807) is 18.2 Å². The van der Waals surface area contributed by atoms with Crippen molar-refractivity contribution in [3.63, 3.8) is 0 Å². The van der Waals surface area contributed by atoms with Gasteiger partial charge in [-0.3, -0.25) is 4.79 Å². The molecular weight excluding hydrogens is 473 g/mol. The molecule has 3 aromatic rings. The van der Waals surface area contributed by atoms with E-state index in [0.717, 1.165) is 11.6 Å². The summed E-state index contributed by atoms with van der Waals surface area (Å²) in [6.45, 7) is 2.16. The Morgan fingerprint density at radius 3 is 2.36 bits per heavy atom. The van der Waals surface area contributed by atoms with Gasteiger partial charge in [0, 0.05) is 30.8 Å². The Morgan fingerprint density at radius 1 is 0.972 bits per heavy atom. The molecule has 0 aliphatic heterocycles. The minimum atomic E-state index is -4.44. The van der Waals surface area contributed by atoms with Gasteiger partial charge in [0.1, 0.15) is 11.5 Å². The summed E-state index contributed by atoms with van der Waals surface area (Å²) in [5.41, 5.74) is 1.08. The second kappa shape index (κ2) is 11.9. The van der Waals surface area contributed by atoms with E-state index in [4.69, 9.17) is 0 Å². The van der Waals surface area contributed by atoms with E-state index < -0.39 is 17.8 Å². The maximum atomic E-state index is 13.1. The largest absolute Gasteiger partial charge is 0.508 e. The average Bonchev–Trinajstić information content (AvgIpc) is 2.81. The number of phenolic OH excluding ortho intramolecular Hbond substituents is 2. The van der Waals surface area contributed by atoms with Crippen molar-refractivity contribution in [1.29, 1.82) is 0 Å². The predicted molar refractivity (Wildman–Crippen MR) is 130 cm³/mol. The van der Waals surface area contributed by atoms with Gasteiger partial charge in [-0.15, -0.1) is 0 Å². The number of aliphatic hydroxyl groups excluding tert-OH is 1. The molecule has 6 nitrogen and oxygen atoms in total. The van der Waals surface area contributed by atoms with Gasteiger partial charge in [-0.2, -0.15) is 13.2 Å². The van der Waals surface area contributed by atoms with Gasteiger partial charge in [-0.1, -0.05) is 30.3 Å². The lowest BCUT2D eigenvalue weighted by atomic mass is 10.0. The number of halogens is 3. The summed E-state index contributed by atoms with van der Waals surface area (Å²) in [6, 6.07) is 16.1. The van der Waals surface area contributed by atoms with Crippen molar-refractivity contribution in [1.82, 2.24) is 10.6 Å². The lowest BCUT2D eigenvalue weighted by molar-refractivity contribution is -0.138. The number of carbonyl (C=O) groups is 1. The molecule has 0 radical (unpaired) electrons. The molecule has 9 heteroatoms. The van der Waals surface area contributed by atoms with Crippen LogP contribution in [-0.2, 0) is 19.0 Å². The lowest BCUT2D eigenvalue weighted by Crippen LogP contribution is -2.32. The minimum Gasteiger partial charge on any atom is -0.508 e. The molecule has 0 bridgehead atoms. The van der Waals surface area contributed by atoms with Crippen molar-refractivity contribution in [2.24, 2.45) is 0 Å². The number of amides is 1. The van der Waals surface area contributed by atoms with Crippen molar-refractivity contribution < 1.29 is 33.3 Å². The summed E-state index contributed by atoms with van der Waals surface area (Å²) in [5, 5.41) is 35.3. The maximum Gasteiger partial charge on any atom is 0.416 e. The molecular formula is C27H29F3N2O4. The number of hydrogen-bond acceptors (Lipinski definition) is 5. The Hall–Kier alpha value is -3.56. The highest BCUT2D eigenvalue weighted by molar-refractivity contribution is 5.94. The molecule has 3 aromatic carbocycles. The molecule has 5 N–H and O–H groups in total. The van der Waals surface area contributed by atoms with Gasteiger partial charge in [-0.05, 0) is 66.8 Å². The van der Waals surface area contributed by atoms with Gasteiger partial charge in [0.2, 0.25) is 0 Å². The molecule has 0 spiro atoms. The Balaban J connectivity index is 1.51. The number of nitrogens with one attached hydrogen (secondary N) is 2. The Labute approximate surface area is 207 Å². The van der Waals surface area contributed by atoms with Crippen LogP contribution in [0.3, 0.4) is 0 Å². The summed E-state index contributed by atoms with van der Waals surface area (Å²) < 4.78 is 39.4. The van der Waals surface area contributed by atoms with E-state index >= 15 is 0 Å². The van der Waals surface area contributed by atoms with Crippen LogP contribution in [0.5, 0.6) is 11.5 Å². The first kappa shape index (κ1) is 27.0. The maximum absolute atomic E-state index is 13.1. The van der Waals surface area contributed by atoms with Gasteiger partial charge in [-0.25, -0.2) is 0 Å². The number of hydrogen-bond donors (Lipinski definition) is 5. The highest BCUT2D eigenvalue weighted by atomic mass is 19.4. The van der Waals surface area contributed by atoms with Gasteiger partial charge in [0.15, 0.2) is 0 Å². The van der Waals surface area contributed by atoms with E-state index in [0.29, 0.717) is 17.5 Å². The zero-order valence-corrected chi connectivity index (χ0v) is 19.7. The van der Waals surface area contributed by atoms with E-state index in [9.17, 15) is 33.3 Å². The second-order valence-electron chi connectivity index (χ2n) is 8.67. The van der Waals surface area contributed by atoms with Crippen molar-refractivity contribution in [2.45, 2.75) is 38.1 Å². The van der Waals surface area contributed by atoms with Crippen molar-refractivity contribution >= 4 is 5.91 Å². The summed E-state index contributed by atoms with van der Waals surface area (Å²) >= 11 is 0. The Kier molecular flexibility index (Phi) is 8.95. The van der Waals surface area contributed by atoms with Crippen molar-refractivity contribution in [2.75, 3.05) is 13.1 Å². The average molecular weight is 503 g/mol. The molecule has 0 fully saturated rings. The summed E-state index contributed by atoms with van der Waals surface area (Å²) in [5.74, 6) is -0.658. The molecule has 2 unspecified atom stereocenters. The highest BCUT2D eigenvalue weighted by Gasteiger charge is 2.32. The van der Waals surface area contributed by atoms with Gasteiger partial charge < -0.3 is 26.0 Å². The van der Waals surface area contributed by atoms with Crippen LogP contribution in [0.4, 0.5) is 13.2 Å². The van der Waals surface area contributed by atoms with Crippen LogP contribution in [0.15, 0.2) is 66.7 Å². The van der Waals surface area contributed by atoms with Crippen LogP contribution >= 0.6 is 0 Å². The van der Waals surface area contributed by atoms with Crippen LogP contribution in [0.25, 0.3) is 0 Å². The highest BCUT2D eigenvalue weighted by Crippen LogP contribution is 2.32. The van der Waals surface area contributed by atoms with E-state index in [1.807, 2.05) is 13.0 Å². The smallest absolute Gasteiger partial charge is 0.416 e. The molecule has 192 valence electrons. The fourth-order valence-corrected chi connectivity index (χ4v) is 3.93. The van der Waals surface area contributed by atoms with Gasteiger partial charge in [0.05, 0.1) is 11.7 Å². The fourth-order valence-electron chi connectivity index (χ4n) is 3.93. The zero-order valence-electron chi connectivity index (χ0n) is 19.7. The molecule has 0 saturated heterocycles. The summed E-state index contributed by atoms with van der Waals surface area (Å²) in [6.07, 6.45) is -4.77. The normalized spacial score (nSPS) is 13.2. The second-order valence-corrected chi connectivity index (χ2v) is 8.67. The molecule has 0 aliphatic carbocycles. The van der Waals surface area contributed by atoms with Crippen molar-refractivity contribution in [3.05, 3.63) is 94.5 Å². The number of rotatable bonds is 10. The van der Waals surface area contributed by atoms with Crippen LogP contribution in [0.2, 0.25) is 0 Å². The van der Waals surface area contributed by atoms with Crippen LogP contribution < -0.4 is 10.6 Å². The Bertz CT molecular complexity index is 1160. The third-order valence-electron chi connectivity index (χ3n) is 5.70. The first-order chi connectivity index (χ1) is 17.0. The molecule has 1 amide bonds. The number of alkyl halides is 3. The third kappa shape index (κ3) is 7.73. The van der Waals surface area contributed by atoms with E-state index in [1.165, 1.54) is 36.4 Å². The molecule has 36 heavy (non-hydrogen) atoms. The summed E-state index contributed by atoms with van der Waals surface area (Å²) in [4.78, 5) is 12.6. The van der Waals surface area contributed by atoms with Crippen LogP contribution in [0.1, 0.15) is 45.6 Å². The molecule has 2 atom stereocenters. The molecule has 0 heterocycles. The van der Waals surface area contributed by atoms with Crippen molar-refractivity contribution in [3.8, 4) is 11.5 Å². The lowest BCUT2D eigenvalue weighted by Gasteiger charge is -2.18. The first-order valence-corrected chi connectivity index (χ1v) is 11.5. The van der Waals surface area contributed by atoms with E-state index in [-0.39, 0.29) is 48.5 Å². The Morgan fingerprint density at radius 2 is 1.67 bits per heavy atom. The zero-order chi connectivity index (χ0) is 26.3. The minimum absolute atomic E-state index is 0.0569.